The highest BCUT2D eigenvalue weighted by molar-refractivity contribution is 6.00. The standard InChI is InChI=1S/C23H28FN7O4/c1-25-20-10-19(29-21-13(11-26-31(20)21)22(32)28-15-6-5-14(15)24)27-16-4-3-8-30(23(16)33)17-7-9-35-12-18(17)34-2/h3-4,8,10-11,14-15,17-18,25H,5-7,9,12H2,1-2H3,(H,27,29)(H,28,32)/t14-,15+,17+,18-/m0/s1. The maximum absolute atomic E-state index is 13.7. The molecular weight excluding hydrogens is 457 g/mol. The average Bonchev–Trinajstić information content (AvgIpc) is 3.31. The molecule has 2 fully saturated rings. The van der Waals surface area contributed by atoms with Crippen molar-refractivity contribution in [3.63, 3.8) is 0 Å². The molecule has 186 valence electrons. The minimum atomic E-state index is -1.03. The molecule has 0 unspecified atom stereocenters. The number of nitrogens with zero attached hydrogens (tertiary/aromatic N) is 4. The number of hydrogen-bond donors (Lipinski definition) is 3. The summed E-state index contributed by atoms with van der Waals surface area (Å²) in [5, 5.41) is 13.1. The average molecular weight is 486 g/mol. The molecule has 1 saturated carbocycles. The first-order valence-electron chi connectivity index (χ1n) is 11.6. The summed E-state index contributed by atoms with van der Waals surface area (Å²) in [5.74, 6) is 0.475. The fourth-order valence-corrected chi connectivity index (χ4v) is 4.48. The van der Waals surface area contributed by atoms with E-state index < -0.39 is 18.1 Å². The van der Waals surface area contributed by atoms with Crippen LogP contribution in [0.1, 0.15) is 35.7 Å². The van der Waals surface area contributed by atoms with Crippen molar-refractivity contribution in [1.82, 2.24) is 24.5 Å². The molecular formula is C23H28FN7O4. The van der Waals surface area contributed by atoms with Crippen molar-refractivity contribution in [2.45, 2.75) is 43.6 Å². The van der Waals surface area contributed by atoms with E-state index >= 15 is 0 Å². The molecule has 1 amide bonds. The summed E-state index contributed by atoms with van der Waals surface area (Å²) in [6.07, 6.45) is 3.59. The number of anilines is 3. The first-order chi connectivity index (χ1) is 17.0. The Morgan fingerprint density at radius 2 is 2.17 bits per heavy atom. The molecule has 3 aromatic heterocycles. The minimum Gasteiger partial charge on any atom is -0.379 e. The quantitative estimate of drug-likeness (QED) is 0.464. The van der Waals surface area contributed by atoms with Crippen molar-refractivity contribution in [3.05, 3.63) is 46.5 Å². The Balaban J connectivity index is 1.46. The molecule has 4 heterocycles. The summed E-state index contributed by atoms with van der Waals surface area (Å²) >= 11 is 0. The van der Waals surface area contributed by atoms with Gasteiger partial charge in [0.2, 0.25) is 0 Å². The third kappa shape index (κ3) is 4.34. The van der Waals surface area contributed by atoms with Crippen molar-refractivity contribution in [3.8, 4) is 0 Å². The summed E-state index contributed by atoms with van der Waals surface area (Å²) in [5.41, 5.74) is 0.610. The third-order valence-corrected chi connectivity index (χ3v) is 6.65. The van der Waals surface area contributed by atoms with Gasteiger partial charge < -0.3 is 30.0 Å². The van der Waals surface area contributed by atoms with Crippen LogP contribution in [0.2, 0.25) is 0 Å². The summed E-state index contributed by atoms with van der Waals surface area (Å²) < 4.78 is 27.8. The predicted molar refractivity (Wildman–Crippen MR) is 127 cm³/mol. The molecule has 0 spiro atoms. The number of alkyl halides is 1. The van der Waals surface area contributed by atoms with Gasteiger partial charge in [0.1, 0.15) is 35.2 Å². The van der Waals surface area contributed by atoms with Crippen LogP contribution < -0.4 is 21.5 Å². The lowest BCUT2D eigenvalue weighted by molar-refractivity contribution is -0.0609. The summed E-state index contributed by atoms with van der Waals surface area (Å²) in [7, 11) is 3.32. The zero-order chi connectivity index (χ0) is 24.5. The van der Waals surface area contributed by atoms with Crippen molar-refractivity contribution < 1.29 is 18.7 Å². The molecule has 1 aliphatic heterocycles. The predicted octanol–water partition coefficient (Wildman–Crippen LogP) is 1.88. The fraction of sp³-hybridized carbons (Fsp3) is 0.478. The molecule has 4 atom stereocenters. The van der Waals surface area contributed by atoms with Crippen LogP contribution in [0.25, 0.3) is 5.65 Å². The van der Waals surface area contributed by atoms with E-state index in [9.17, 15) is 14.0 Å². The second kappa shape index (κ2) is 9.62. The van der Waals surface area contributed by atoms with Gasteiger partial charge in [-0.05, 0) is 31.4 Å². The van der Waals surface area contributed by atoms with Gasteiger partial charge in [0.05, 0.1) is 24.9 Å². The van der Waals surface area contributed by atoms with Crippen molar-refractivity contribution in [2.75, 3.05) is 38.0 Å². The normalized spacial score (nSPS) is 24.1. The Bertz CT molecular complexity index is 1290. The number of hydrogen-bond acceptors (Lipinski definition) is 8. The SMILES string of the molecule is CNc1cc(Nc2cccn([C@@H]3CCOC[C@@H]3OC)c2=O)nc2c(C(=O)N[C@@H]3CC[C@@H]3F)cnn12. The van der Waals surface area contributed by atoms with Crippen molar-refractivity contribution >= 4 is 28.9 Å². The van der Waals surface area contributed by atoms with Crippen LogP contribution in [0.3, 0.4) is 0 Å². The zero-order valence-electron chi connectivity index (χ0n) is 19.5. The van der Waals surface area contributed by atoms with Crippen LogP contribution in [0, 0.1) is 0 Å². The number of pyridine rings is 1. The van der Waals surface area contributed by atoms with Gasteiger partial charge in [-0.1, -0.05) is 0 Å². The lowest BCUT2D eigenvalue weighted by Gasteiger charge is -2.32. The van der Waals surface area contributed by atoms with Crippen LogP contribution >= 0.6 is 0 Å². The minimum absolute atomic E-state index is 0.151. The molecule has 12 heteroatoms. The van der Waals surface area contributed by atoms with E-state index in [0.29, 0.717) is 49.8 Å². The van der Waals surface area contributed by atoms with E-state index in [4.69, 9.17) is 9.47 Å². The Morgan fingerprint density at radius 1 is 1.31 bits per heavy atom. The van der Waals surface area contributed by atoms with Gasteiger partial charge in [0.25, 0.3) is 11.5 Å². The number of rotatable bonds is 7. The van der Waals surface area contributed by atoms with Crippen LogP contribution in [-0.2, 0) is 9.47 Å². The van der Waals surface area contributed by atoms with Gasteiger partial charge in [0.15, 0.2) is 5.65 Å². The summed E-state index contributed by atoms with van der Waals surface area (Å²) in [4.78, 5) is 30.6. The highest BCUT2D eigenvalue weighted by Crippen LogP contribution is 2.26. The Labute approximate surface area is 200 Å². The first kappa shape index (κ1) is 23.2. The Kier molecular flexibility index (Phi) is 6.39. The molecule has 3 N–H and O–H groups in total. The van der Waals surface area contributed by atoms with Crippen molar-refractivity contribution in [1.29, 1.82) is 0 Å². The molecule has 2 aliphatic rings. The molecule has 11 nitrogen and oxygen atoms in total. The van der Waals surface area contributed by atoms with Crippen molar-refractivity contribution in [2.24, 2.45) is 0 Å². The molecule has 5 rings (SSSR count). The molecule has 35 heavy (non-hydrogen) atoms. The van der Waals surface area contributed by atoms with Crippen LogP contribution in [0.15, 0.2) is 35.4 Å². The molecule has 3 aromatic rings. The number of halogens is 1. The van der Waals surface area contributed by atoms with Crippen LogP contribution in [-0.4, -0.2) is 70.8 Å². The van der Waals surface area contributed by atoms with Gasteiger partial charge in [-0.25, -0.2) is 9.37 Å². The van der Waals surface area contributed by atoms with Gasteiger partial charge in [0, 0.05) is 33.0 Å². The molecule has 0 aromatic carbocycles. The fourth-order valence-electron chi connectivity index (χ4n) is 4.48. The number of nitrogens with one attached hydrogen (secondary N) is 3. The van der Waals surface area contributed by atoms with E-state index in [-0.39, 0.29) is 28.9 Å². The number of fused-ring (bicyclic) bond motifs is 1. The smallest absolute Gasteiger partial charge is 0.274 e. The van der Waals surface area contributed by atoms with Gasteiger partial charge in [-0.15, -0.1) is 0 Å². The zero-order valence-corrected chi connectivity index (χ0v) is 19.5. The first-order valence-corrected chi connectivity index (χ1v) is 11.6. The second-order valence-corrected chi connectivity index (χ2v) is 8.71. The molecule has 1 aliphatic carbocycles. The Hall–Kier alpha value is -3.51. The van der Waals surface area contributed by atoms with E-state index in [1.165, 1.54) is 10.7 Å². The van der Waals surface area contributed by atoms with E-state index in [1.54, 1.807) is 43.1 Å². The molecule has 1 saturated heterocycles. The van der Waals surface area contributed by atoms with E-state index in [1.807, 2.05) is 0 Å². The topological polar surface area (TPSA) is 124 Å². The largest absolute Gasteiger partial charge is 0.379 e. The van der Waals surface area contributed by atoms with E-state index in [2.05, 4.69) is 26.0 Å². The van der Waals surface area contributed by atoms with E-state index in [0.717, 1.165) is 0 Å². The number of carbonyl (C=O) groups is 1. The summed E-state index contributed by atoms with van der Waals surface area (Å²) in [6, 6.07) is 4.50. The van der Waals surface area contributed by atoms with Gasteiger partial charge in [-0.2, -0.15) is 9.61 Å². The lowest BCUT2D eigenvalue weighted by Crippen LogP contribution is -2.48. The molecule has 0 radical (unpaired) electrons. The maximum Gasteiger partial charge on any atom is 0.274 e. The third-order valence-electron chi connectivity index (χ3n) is 6.65. The van der Waals surface area contributed by atoms with Gasteiger partial charge >= 0.3 is 0 Å². The number of amides is 1. The van der Waals surface area contributed by atoms with Crippen LogP contribution in [0.4, 0.5) is 21.7 Å². The number of carbonyl (C=O) groups excluding carboxylic acids is 1. The monoisotopic (exact) mass is 485 g/mol. The number of ether oxygens (including phenoxy) is 2. The van der Waals surface area contributed by atoms with Crippen LogP contribution in [0.5, 0.6) is 0 Å². The number of aromatic nitrogens is 4. The number of methoxy groups -OCH3 is 1. The highest BCUT2D eigenvalue weighted by Gasteiger charge is 2.33. The Morgan fingerprint density at radius 3 is 2.89 bits per heavy atom. The highest BCUT2D eigenvalue weighted by atomic mass is 19.1. The van der Waals surface area contributed by atoms with Gasteiger partial charge in [-0.3, -0.25) is 9.59 Å². The lowest BCUT2D eigenvalue weighted by atomic mass is 9.90. The second-order valence-electron chi connectivity index (χ2n) is 8.71. The summed E-state index contributed by atoms with van der Waals surface area (Å²) in [6.45, 7) is 0.972. The maximum atomic E-state index is 13.7. The molecule has 0 bridgehead atoms.